The van der Waals surface area contributed by atoms with Crippen LogP contribution in [0.15, 0.2) is 42.6 Å². The quantitative estimate of drug-likeness (QED) is 0.478. The van der Waals surface area contributed by atoms with Crippen LogP contribution < -0.4 is 16.4 Å². The van der Waals surface area contributed by atoms with Crippen LogP contribution in [0.3, 0.4) is 0 Å². The highest BCUT2D eigenvalue weighted by Gasteiger charge is 2.24. The van der Waals surface area contributed by atoms with Gasteiger partial charge in [0, 0.05) is 23.8 Å². The van der Waals surface area contributed by atoms with E-state index in [-0.39, 0.29) is 30.5 Å². The number of nitrogens with two attached hydrogens (primary N) is 1. The fraction of sp³-hybridized carbons (Fsp3) is 0.400. The Balaban J connectivity index is 1.70. The minimum atomic E-state index is -0.355. The van der Waals surface area contributed by atoms with Gasteiger partial charge >= 0.3 is 5.97 Å². The molecular formula is C25H31N5O3. The molecule has 0 aliphatic heterocycles. The maximum atomic E-state index is 13.2. The molecule has 0 unspecified atom stereocenters. The topological polar surface area (TPSA) is 111 Å². The third-order valence-electron chi connectivity index (χ3n) is 6.00. The van der Waals surface area contributed by atoms with Gasteiger partial charge in [0.25, 0.3) is 5.91 Å². The number of hydrogen-bond donors (Lipinski definition) is 3. The number of nitrogens with one attached hydrogen (secondary N) is 2. The Hall–Kier alpha value is -3.39. The molecule has 0 bridgehead atoms. The molecule has 8 nitrogen and oxygen atoms in total. The van der Waals surface area contributed by atoms with Crippen molar-refractivity contribution in [3.05, 3.63) is 53.7 Å². The van der Waals surface area contributed by atoms with Crippen molar-refractivity contribution in [3.8, 4) is 11.3 Å². The lowest BCUT2D eigenvalue weighted by Gasteiger charge is -2.26. The Morgan fingerprint density at radius 1 is 1.18 bits per heavy atom. The first-order valence-electron chi connectivity index (χ1n) is 11.5. The summed E-state index contributed by atoms with van der Waals surface area (Å²) < 4.78 is 6.89. The summed E-state index contributed by atoms with van der Waals surface area (Å²) in [7, 11) is 0. The Kier molecular flexibility index (Phi) is 6.93. The van der Waals surface area contributed by atoms with Crippen molar-refractivity contribution in [1.29, 1.82) is 0 Å². The van der Waals surface area contributed by atoms with Crippen molar-refractivity contribution in [2.75, 3.05) is 18.5 Å². The number of fused-ring (bicyclic) bond motifs is 1. The molecule has 1 aliphatic carbocycles. The van der Waals surface area contributed by atoms with Crippen LogP contribution in [-0.2, 0) is 9.53 Å². The number of hydrogen-bond acceptors (Lipinski definition) is 6. The van der Waals surface area contributed by atoms with E-state index >= 15 is 0 Å². The van der Waals surface area contributed by atoms with Gasteiger partial charge in [0.15, 0.2) is 5.65 Å². The minimum absolute atomic E-state index is 0.000791. The van der Waals surface area contributed by atoms with Crippen molar-refractivity contribution in [2.24, 2.45) is 5.73 Å². The molecule has 0 spiro atoms. The monoisotopic (exact) mass is 449 g/mol. The van der Waals surface area contributed by atoms with E-state index in [1.165, 1.54) is 0 Å². The number of anilines is 1. The fourth-order valence-electron chi connectivity index (χ4n) is 4.30. The standard InChI is InChI=1S/C25H31N5O3/c1-3-33-21(31)15-27-24-22(17-7-4-6-16(2)14-17)29-23-20(8-5-13-30(23)24)25(32)28-19-11-9-18(26)10-12-19/h4-8,13-14,18-19,27H,3,9-12,15,26H2,1-2H3,(H,28,32). The van der Waals surface area contributed by atoms with Crippen LogP contribution in [0.4, 0.5) is 5.82 Å². The third kappa shape index (κ3) is 5.17. The number of benzene rings is 1. The van der Waals surface area contributed by atoms with E-state index in [4.69, 9.17) is 15.5 Å². The number of esters is 1. The van der Waals surface area contributed by atoms with Gasteiger partial charge in [-0.15, -0.1) is 0 Å². The number of imidazole rings is 1. The summed E-state index contributed by atoms with van der Waals surface area (Å²) in [5, 5.41) is 6.32. The van der Waals surface area contributed by atoms with Gasteiger partial charge in [0.1, 0.15) is 18.1 Å². The SMILES string of the molecule is CCOC(=O)CNc1c(-c2cccc(C)c2)nc2c(C(=O)NC3CCC(N)CC3)cccn12. The maximum Gasteiger partial charge on any atom is 0.325 e. The highest BCUT2D eigenvalue weighted by atomic mass is 16.5. The molecule has 33 heavy (non-hydrogen) atoms. The molecule has 0 saturated heterocycles. The smallest absolute Gasteiger partial charge is 0.325 e. The number of carbonyl (C=O) groups excluding carboxylic acids is 2. The summed E-state index contributed by atoms with van der Waals surface area (Å²) in [5.74, 6) is 0.132. The lowest BCUT2D eigenvalue weighted by molar-refractivity contribution is -0.140. The van der Waals surface area contributed by atoms with E-state index in [2.05, 4.69) is 10.6 Å². The molecule has 174 valence electrons. The second-order valence-corrected chi connectivity index (χ2v) is 8.54. The van der Waals surface area contributed by atoms with Crippen molar-refractivity contribution in [2.45, 2.75) is 51.6 Å². The van der Waals surface area contributed by atoms with Crippen LogP contribution in [0.1, 0.15) is 48.5 Å². The van der Waals surface area contributed by atoms with Crippen LogP contribution in [0.2, 0.25) is 0 Å². The van der Waals surface area contributed by atoms with E-state index in [9.17, 15) is 9.59 Å². The maximum absolute atomic E-state index is 13.2. The molecular weight excluding hydrogens is 418 g/mol. The molecule has 2 heterocycles. The summed E-state index contributed by atoms with van der Waals surface area (Å²) in [6.07, 6.45) is 5.43. The average molecular weight is 450 g/mol. The lowest BCUT2D eigenvalue weighted by atomic mass is 9.91. The fourth-order valence-corrected chi connectivity index (χ4v) is 4.30. The number of amides is 1. The number of aryl methyl sites for hydroxylation is 1. The Labute approximate surface area is 193 Å². The van der Waals surface area contributed by atoms with E-state index in [0.29, 0.717) is 29.3 Å². The molecule has 2 aromatic heterocycles. The first-order chi connectivity index (χ1) is 16.0. The molecule has 0 atom stereocenters. The van der Waals surface area contributed by atoms with E-state index in [0.717, 1.165) is 36.8 Å². The van der Waals surface area contributed by atoms with Crippen LogP contribution in [0.5, 0.6) is 0 Å². The third-order valence-corrected chi connectivity index (χ3v) is 6.00. The van der Waals surface area contributed by atoms with Crippen LogP contribution >= 0.6 is 0 Å². The van der Waals surface area contributed by atoms with Crippen molar-refractivity contribution in [1.82, 2.24) is 14.7 Å². The molecule has 4 rings (SSSR count). The number of pyridine rings is 1. The largest absolute Gasteiger partial charge is 0.465 e. The molecule has 1 aromatic carbocycles. The Bertz CT molecular complexity index is 1150. The van der Waals surface area contributed by atoms with Gasteiger partial charge in [0.05, 0.1) is 12.2 Å². The Morgan fingerprint density at radius 3 is 2.70 bits per heavy atom. The number of aromatic nitrogens is 2. The van der Waals surface area contributed by atoms with Crippen molar-refractivity contribution < 1.29 is 14.3 Å². The number of rotatable bonds is 7. The van der Waals surface area contributed by atoms with Gasteiger partial charge in [-0.05, 0) is 57.7 Å². The van der Waals surface area contributed by atoms with Crippen LogP contribution in [0.25, 0.3) is 16.9 Å². The first-order valence-corrected chi connectivity index (χ1v) is 11.5. The molecule has 1 amide bonds. The second kappa shape index (κ2) is 10.0. The summed E-state index contributed by atoms with van der Waals surface area (Å²) in [4.78, 5) is 30.0. The average Bonchev–Trinajstić information content (AvgIpc) is 3.18. The van der Waals surface area contributed by atoms with Gasteiger partial charge < -0.3 is 21.1 Å². The van der Waals surface area contributed by atoms with E-state index in [1.54, 1.807) is 13.0 Å². The van der Waals surface area contributed by atoms with Gasteiger partial charge in [-0.3, -0.25) is 14.0 Å². The van der Waals surface area contributed by atoms with Gasteiger partial charge in [-0.25, -0.2) is 4.98 Å². The van der Waals surface area contributed by atoms with Gasteiger partial charge in [-0.1, -0.05) is 23.8 Å². The highest BCUT2D eigenvalue weighted by molar-refractivity contribution is 6.01. The molecule has 4 N–H and O–H groups in total. The summed E-state index contributed by atoms with van der Waals surface area (Å²) in [5.41, 5.74) is 9.69. The van der Waals surface area contributed by atoms with Gasteiger partial charge in [-0.2, -0.15) is 0 Å². The zero-order valence-electron chi connectivity index (χ0n) is 19.1. The lowest BCUT2D eigenvalue weighted by Crippen LogP contribution is -2.40. The summed E-state index contributed by atoms with van der Waals surface area (Å²) in [6.45, 7) is 4.10. The molecule has 1 fully saturated rings. The van der Waals surface area contributed by atoms with Crippen LogP contribution in [0, 0.1) is 6.92 Å². The minimum Gasteiger partial charge on any atom is -0.465 e. The Morgan fingerprint density at radius 2 is 1.97 bits per heavy atom. The van der Waals surface area contributed by atoms with Crippen molar-refractivity contribution >= 4 is 23.3 Å². The predicted octanol–water partition coefficient (Wildman–Crippen LogP) is 3.28. The molecule has 3 aromatic rings. The highest BCUT2D eigenvalue weighted by Crippen LogP contribution is 2.30. The van der Waals surface area contributed by atoms with Crippen LogP contribution in [-0.4, -0.2) is 46.5 Å². The normalized spacial score (nSPS) is 18.2. The summed E-state index contributed by atoms with van der Waals surface area (Å²) in [6, 6.07) is 11.9. The second-order valence-electron chi connectivity index (χ2n) is 8.54. The predicted molar refractivity (Wildman–Crippen MR) is 128 cm³/mol. The van der Waals surface area contributed by atoms with Crippen molar-refractivity contribution in [3.63, 3.8) is 0 Å². The van der Waals surface area contributed by atoms with E-state index in [1.807, 2.05) is 47.9 Å². The van der Waals surface area contributed by atoms with E-state index < -0.39 is 0 Å². The number of ether oxygens (including phenoxy) is 1. The zero-order chi connectivity index (χ0) is 23.4. The number of nitrogens with zero attached hydrogens (tertiary/aromatic N) is 2. The summed E-state index contributed by atoms with van der Waals surface area (Å²) >= 11 is 0. The zero-order valence-corrected chi connectivity index (χ0v) is 19.1. The molecule has 8 heteroatoms. The molecule has 1 aliphatic rings. The molecule has 1 saturated carbocycles. The first kappa shape index (κ1) is 22.8. The number of carbonyl (C=O) groups is 2. The van der Waals surface area contributed by atoms with Gasteiger partial charge in [0.2, 0.25) is 0 Å². The molecule has 0 radical (unpaired) electrons.